The Labute approximate surface area is 165 Å². The van der Waals surface area contributed by atoms with Crippen LogP contribution in [0.15, 0.2) is 53.7 Å². The Morgan fingerprint density at radius 3 is 2.36 bits per heavy atom. The van der Waals surface area contributed by atoms with E-state index in [0.29, 0.717) is 12.0 Å². The molecule has 2 rings (SSSR count). The molecular weight excluding hydrogens is 378 g/mol. The SMILES string of the molecule is CC[C@H](C)NC(=O)C(=O)NC[C@@H](c1cccnc1)S(=O)(=O)c1ccc(C)cc1. The second kappa shape index (κ2) is 9.45. The summed E-state index contributed by atoms with van der Waals surface area (Å²) in [5, 5.41) is 3.93. The van der Waals surface area contributed by atoms with Gasteiger partial charge in [-0.2, -0.15) is 0 Å². The molecule has 0 aliphatic rings. The lowest BCUT2D eigenvalue weighted by Crippen LogP contribution is -2.45. The lowest BCUT2D eigenvalue weighted by Gasteiger charge is -2.19. The third kappa shape index (κ3) is 5.39. The number of hydrogen-bond donors (Lipinski definition) is 2. The van der Waals surface area contributed by atoms with Crippen LogP contribution < -0.4 is 10.6 Å². The molecule has 0 spiro atoms. The zero-order valence-electron chi connectivity index (χ0n) is 16.2. The van der Waals surface area contributed by atoms with Gasteiger partial charge in [-0.15, -0.1) is 0 Å². The highest BCUT2D eigenvalue weighted by molar-refractivity contribution is 7.91. The van der Waals surface area contributed by atoms with E-state index in [2.05, 4.69) is 15.6 Å². The zero-order chi connectivity index (χ0) is 20.7. The minimum absolute atomic E-state index is 0.144. The third-order valence-electron chi connectivity index (χ3n) is 4.42. The number of sulfone groups is 1. The summed E-state index contributed by atoms with van der Waals surface area (Å²) in [6.45, 7) is 5.29. The van der Waals surface area contributed by atoms with E-state index >= 15 is 0 Å². The molecule has 1 aromatic carbocycles. The minimum atomic E-state index is -3.81. The third-order valence-corrected chi connectivity index (χ3v) is 6.54. The molecule has 0 aliphatic carbocycles. The van der Waals surface area contributed by atoms with Crippen LogP contribution in [0.2, 0.25) is 0 Å². The van der Waals surface area contributed by atoms with Gasteiger partial charge in [0.2, 0.25) is 0 Å². The number of nitrogens with zero attached hydrogens (tertiary/aromatic N) is 1. The van der Waals surface area contributed by atoms with Crippen molar-refractivity contribution in [2.24, 2.45) is 0 Å². The largest absolute Gasteiger partial charge is 0.346 e. The first-order valence-electron chi connectivity index (χ1n) is 9.05. The van der Waals surface area contributed by atoms with E-state index in [9.17, 15) is 18.0 Å². The van der Waals surface area contributed by atoms with Crippen LogP contribution in [0, 0.1) is 6.92 Å². The van der Waals surface area contributed by atoms with Crippen LogP contribution in [0.25, 0.3) is 0 Å². The van der Waals surface area contributed by atoms with E-state index in [4.69, 9.17) is 0 Å². The van der Waals surface area contributed by atoms with Crippen molar-refractivity contribution < 1.29 is 18.0 Å². The van der Waals surface area contributed by atoms with E-state index in [1.54, 1.807) is 31.2 Å². The van der Waals surface area contributed by atoms with Crippen LogP contribution in [-0.2, 0) is 19.4 Å². The summed E-state index contributed by atoms with van der Waals surface area (Å²) < 4.78 is 26.3. The summed E-state index contributed by atoms with van der Waals surface area (Å²) in [4.78, 5) is 28.2. The molecule has 2 N–H and O–H groups in total. The van der Waals surface area contributed by atoms with Crippen molar-refractivity contribution >= 4 is 21.7 Å². The highest BCUT2D eigenvalue weighted by Gasteiger charge is 2.30. The summed E-state index contributed by atoms with van der Waals surface area (Å²) in [6.07, 6.45) is 3.66. The summed E-state index contributed by atoms with van der Waals surface area (Å²) >= 11 is 0. The Kier molecular flexibility index (Phi) is 7.28. The van der Waals surface area contributed by atoms with Crippen LogP contribution in [-0.4, -0.2) is 37.8 Å². The van der Waals surface area contributed by atoms with Gasteiger partial charge in [0.25, 0.3) is 0 Å². The fraction of sp³-hybridized carbons (Fsp3) is 0.350. The van der Waals surface area contributed by atoms with Gasteiger partial charge >= 0.3 is 11.8 Å². The normalized spacial score (nSPS) is 13.4. The van der Waals surface area contributed by atoms with Crippen molar-refractivity contribution in [1.29, 1.82) is 0 Å². The number of aryl methyl sites for hydroxylation is 1. The predicted octanol–water partition coefficient (Wildman–Crippen LogP) is 1.94. The Morgan fingerprint density at radius 1 is 1.11 bits per heavy atom. The van der Waals surface area contributed by atoms with Crippen LogP contribution in [0.5, 0.6) is 0 Å². The molecule has 0 bridgehead atoms. The number of benzene rings is 1. The molecule has 8 heteroatoms. The maximum absolute atomic E-state index is 13.2. The highest BCUT2D eigenvalue weighted by Crippen LogP contribution is 2.28. The topological polar surface area (TPSA) is 105 Å². The fourth-order valence-electron chi connectivity index (χ4n) is 2.52. The molecular formula is C20H25N3O4S. The van der Waals surface area contributed by atoms with Gasteiger partial charge in [-0.3, -0.25) is 14.6 Å². The van der Waals surface area contributed by atoms with Gasteiger partial charge in [0, 0.05) is 25.0 Å². The summed E-state index contributed by atoms with van der Waals surface area (Å²) in [5.74, 6) is -1.65. The van der Waals surface area contributed by atoms with Gasteiger partial charge in [0.1, 0.15) is 5.25 Å². The molecule has 0 unspecified atom stereocenters. The lowest BCUT2D eigenvalue weighted by molar-refractivity contribution is -0.139. The van der Waals surface area contributed by atoms with Crippen molar-refractivity contribution in [3.63, 3.8) is 0 Å². The van der Waals surface area contributed by atoms with Gasteiger partial charge in [-0.1, -0.05) is 30.7 Å². The van der Waals surface area contributed by atoms with E-state index in [-0.39, 0.29) is 17.5 Å². The van der Waals surface area contributed by atoms with Crippen LogP contribution in [0.1, 0.15) is 36.6 Å². The monoisotopic (exact) mass is 403 g/mol. The zero-order valence-corrected chi connectivity index (χ0v) is 17.0. The number of hydrogen-bond acceptors (Lipinski definition) is 5. The molecule has 2 aromatic rings. The molecule has 28 heavy (non-hydrogen) atoms. The highest BCUT2D eigenvalue weighted by atomic mass is 32.2. The summed E-state index contributed by atoms with van der Waals surface area (Å²) in [7, 11) is -3.81. The molecule has 0 saturated carbocycles. The van der Waals surface area contributed by atoms with Gasteiger partial charge < -0.3 is 10.6 Å². The first-order valence-corrected chi connectivity index (χ1v) is 10.6. The number of carbonyl (C=O) groups is 2. The molecule has 0 radical (unpaired) electrons. The average molecular weight is 404 g/mol. The maximum Gasteiger partial charge on any atom is 0.309 e. The predicted molar refractivity (Wildman–Crippen MR) is 106 cm³/mol. The van der Waals surface area contributed by atoms with E-state index in [0.717, 1.165) is 5.56 Å². The number of rotatable bonds is 7. The Hall–Kier alpha value is -2.74. The fourth-order valence-corrected chi connectivity index (χ4v) is 4.17. The Morgan fingerprint density at radius 2 is 1.79 bits per heavy atom. The Balaban J connectivity index is 2.25. The van der Waals surface area contributed by atoms with Crippen molar-refractivity contribution in [3.8, 4) is 0 Å². The van der Waals surface area contributed by atoms with Crippen LogP contribution >= 0.6 is 0 Å². The maximum atomic E-state index is 13.2. The van der Waals surface area contributed by atoms with Crippen molar-refractivity contribution in [1.82, 2.24) is 15.6 Å². The standard InChI is InChI=1S/C20H25N3O4S/c1-4-15(3)23-20(25)19(24)22-13-18(16-6-5-11-21-12-16)28(26,27)17-9-7-14(2)8-10-17/h5-12,15,18H,4,13H2,1-3H3,(H,22,24)(H,23,25)/t15-,18-/m0/s1. The van der Waals surface area contributed by atoms with E-state index in [1.165, 1.54) is 24.5 Å². The molecule has 0 fully saturated rings. The number of amides is 2. The van der Waals surface area contributed by atoms with Crippen molar-refractivity contribution in [3.05, 3.63) is 59.9 Å². The second-order valence-electron chi connectivity index (χ2n) is 6.63. The first-order chi connectivity index (χ1) is 13.3. The van der Waals surface area contributed by atoms with Gasteiger partial charge in [-0.05, 0) is 44.0 Å². The van der Waals surface area contributed by atoms with Gasteiger partial charge in [-0.25, -0.2) is 8.42 Å². The minimum Gasteiger partial charge on any atom is -0.346 e. The lowest BCUT2D eigenvalue weighted by atomic mass is 10.2. The molecule has 150 valence electrons. The molecule has 2 atom stereocenters. The first kappa shape index (κ1) is 21.6. The summed E-state index contributed by atoms with van der Waals surface area (Å²) in [6, 6.07) is 9.61. The molecule has 1 aromatic heterocycles. The molecule has 2 amide bonds. The van der Waals surface area contributed by atoms with Gasteiger partial charge in [0.15, 0.2) is 9.84 Å². The second-order valence-corrected chi connectivity index (χ2v) is 8.76. The molecule has 7 nitrogen and oxygen atoms in total. The number of nitrogens with one attached hydrogen (secondary N) is 2. The van der Waals surface area contributed by atoms with Crippen LogP contribution in [0.4, 0.5) is 0 Å². The molecule has 1 heterocycles. The number of carbonyl (C=O) groups excluding carboxylic acids is 2. The van der Waals surface area contributed by atoms with Crippen LogP contribution in [0.3, 0.4) is 0 Å². The van der Waals surface area contributed by atoms with Crippen molar-refractivity contribution in [2.45, 2.75) is 43.4 Å². The van der Waals surface area contributed by atoms with E-state index < -0.39 is 26.9 Å². The number of aromatic nitrogens is 1. The molecule has 0 aliphatic heterocycles. The van der Waals surface area contributed by atoms with Crippen molar-refractivity contribution in [2.75, 3.05) is 6.54 Å². The molecule has 0 saturated heterocycles. The van der Waals surface area contributed by atoms with E-state index in [1.807, 2.05) is 13.8 Å². The number of pyridine rings is 1. The van der Waals surface area contributed by atoms with Gasteiger partial charge in [0.05, 0.1) is 4.90 Å². The Bertz CT molecular complexity index is 912. The average Bonchev–Trinajstić information content (AvgIpc) is 2.68. The smallest absolute Gasteiger partial charge is 0.309 e. The summed E-state index contributed by atoms with van der Waals surface area (Å²) in [5.41, 5.74) is 1.37. The quantitative estimate of drug-likeness (QED) is 0.688.